The molecule has 128 valence electrons. The Morgan fingerprint density at radius 3 is 2.56 bits per heavy atom. The van der Waals surface area contributed by atoms with Crippen molar-refractivity contribution in [2.24, 2.45) is 0 Å². The SMILES string of the molecule is COc1ccc(NC(=O)c2cc(-c3ccccc3O)on2)cc1OC. The fourth-order valence-electron chi connectivity index (χ4n) is 2.30. The van der Waals surface area contributed by atoms with Crippen LogP contribution in [0.1, 0.15) is 10.5 Å². The van der Waals surface area contributed by atoms with Gasteiger partial charge in [-0.3, -0.25) is 4.79 Å². The van der Waals surface area contributed by atoms with Crippen molar-refractivity contribution in [2.45, 2.75) is 0 Å². The van der Waals surface area contributed by atoms with E-state index in [4.69, 9.17) is 14.0 Å². The number of phenols is 1. The molecule has 3 aromatic rings. The van der Waals surface area contributed by atoms with Crippen LogP contribution in [0.4, 0.5) is 5.69 Å². The molecule has 0 saturated heterocycles. The predicted molar refractivity (Wildman–Crippen MR) is 91.1 cm³/mol. The Kier molecular flexibility index (Phi) is 4.56. The molecule has 0 atom stereocenters. The van der Waals surface area contributed by atoms with Crippen molar-refractivity contribution in [3.8, 4) is 28.6 Å². The molecule has 0 saturated carbocycles. The smallest absolute Gasteiger partial charge is 0.277 e. The van der Waals surface area contributed by atoms with E-state index in [2.05, 4.69) is 10.5 Å². The number of carbonyl (C=O) groups is 1. The highest BCUT2D eigenvalue weighted by molar-refractivity contribution is 6.03. The van der Waals surface area contributed by atoms with Gasteiger partial charge in [0.2, 0.25) is 0 Å². The Hall–Kier alpha value is -3.48. The average Bonchev–Trinajstić information content (AvgIpc) is 3.12. The molecule has 0 bridgehead atoms. The average molecular weight is 340 g/mol. The zero-order valence-electron chi connectivity index (χ0n) is 13.6. The van der Waals surface area contributed by atoms with Crippen molar-refractivity contribution >= 4 is 11.6 Å². The molecule has 0 fully saturated rings. The van der Waals surface area contributed by atoms with E-state index in [0.29, 0.717) is 28.5 Å². The normalized spacial score (nSPS) is 10.3. The predicted octanol–water partition coefficient (Wildman–Crippen LogP) is 3.32. The molecule has 1 heterocycles. The first-order valence-corrected chi connectivity index (χ1v) is 7.41. The summed E-state index contributed by atoms with van der Waals surface area (Å²) >= 11 is 0. The molecule has 0 aliphatic heterocycles. The van der Waals surface area contributed by atoms with Gasteiger partial charge in [0, 0.05) is 17.8 Å². The van der Waals surface area contributed by atoms with Crippen LogP contribution in [0.15, 0.2) is 53.1 Å². The number of nitrogens with one attached hydrogen (secondary N) is 1. The van der Waals surface area contributed by atoms with Crippen LogP contribution in [-0.2, 0) is 0 Å². The van der Waals surface area contributed by atoms with Gasteiger partial charge >= 0.3 is 0 Å². The summed E-state index contributed by atoms with van der Waals surface area (Å²) in [5.41, 5.74) is 1.07. The number of carbonyl (C=O) groups excluding carboxylic acids is 1. The standard InChI is InChI=1S/C18H16N2O5/c1-23-15-8-7-11(9-17(15)24-2)19-18(22)13-10-16(25-20-13)12-5-3-4-6-14(12)21/h3-10,21H,1-2H3,(H,19,22). The van der Waals surface area contributed by atoms with Gasteiger partial charge in [0.1, 0.15) is 5.75 Å². The van der Waals surface area contributed by atoms with E-state index in [-0.39, 0.29) is 11.4 Å². The summed E-state index contributed by atoms with van der Waals surface area (Å²) < 4.78 is 15.5. The minimum absolute atomic E-state index is 0.0468. The van der Waals surface area contributed by atoms with Gasteiger partial charge in [-0.2, -0.15) is 0 Å². The van der Waals surface area contributed by atoms with Gasteiger partial charge in [0.25, 0.3) is 5.91 Å². The largest absolute Gasteiger partial charge is 0.507 e. The van der Waals surface area contributed by atoms with E-state index in [1.165, 1.54) is 26.4 Å². The highest BCUT2D eigenvalue weighted by Gasteiger charge is 2.16. The molecule has 1 aromatic heterocycles. The van der Waals surface area contributed by atoms with Gasteiger partial charge in [-0.05, 0) is 24.3 Å². The molecule has 1 amide bonds. The molecule has 7 heteroatoms. The summed E-state index contributed by atoms with van der Waals surface area (Å²) in [5.74, 6) is 0.956. The maximum Gasteiger partial charge on any atom is 0.277 e. The second kappa shape index (κ2) is 6.96. The van der Waals surface area contributed by atoms with Crippen LogP contribution < -0.4 is 14.8 Å². The first-order chi connectivity index (χ1) is 12.1. The van der Waals surface area contributed by atoms with E-state index in [1.54, 1.807) is 36.4 Å². The summed E-state index contributed by atoms with van der Waals surface area (Å²) in [6, 6.07) is 13.1. The minimum Gasteiger partial charge on any atom is -0.507 e. The van der Waals surface area contributed by atoms with Gasteiger partial charge in [-0.1, -0.05) is 17.3 Å². The highest BCUT2D eigenvalue weighted by atomic mass is 16.5. The van der Waals surface area contributed by atoms with Crippen molar-refractivity contribution in [3.05, 3.63) is 54.2 Å². The van der Waals surface area contributed by atoms with Crippen molar-refractivity contribution in [1.82, 2.24) is 5.16 Å². The summed E-state index contributed by atoms with van der Waals surface area (Å²) in [4.78, 5) is 12.3. The molecule has 0 aliphatic carbocycles. The van der Waals surface area contributed by atoms with Crippen LogP contribution in [0.5, 0.6) is 17.2 Å². The Bertz CT molecular complexity index is 904. The third-order valence-corrected chi connectivity index (χ3v) is 3.55. The van der Waals surface area contributed by atoms with Gasteiger partial charge in [-0.15, -0.1) is 0 Å². The number of aromatic hydroxyl groups is 1. The van der Waals surface area contributed by atoms with Crippen LogP contribution in [0.25, 0.3) is 11.3 Å². The third kappa shape index (κ3) is 3.40. The van der Waals surface area contributed by atoms with E-state index < -0.39 is 5.91 Å². The molecule has 0 radical (unpaired) electrons. The summed E-state index contributed by atoms with van der Waals surface area (Å²) in [5, 5.41) is 16.3. The lowest BCUT2D eigenvalue weighted by molar-refractivity contribution is 0.101. The molecule has 0 aliphatic rings. The molecule has 0 spiro atoms. The number of aromatic nitrogens is 1. The number of methoxy groups -OCH3 is 2. The number of anilines is 1. The maximum atomic E-state index is 12.3. The first kappa shape index (κ1) is 16.4. The Balaban J connectivity index is 1.80. The summed E-state index contributed by atoms with van der Waals surface area (Å²) in [7, 11) is 3.05. The number of phenolic OH excluding ortho intramolecular Hbond substituents is 1. The van der Waals surface area contributed by atoms with E-state index >= 15 is 0 Å². The minimum atomic E-state index is -0.447. The Morgan fingerprint density at radius 2 is 1.84 bits per heavy atom. The van der Waals surface area contributed by atoms with Crippen molar-refractivity contribution in [2.75, 3.05) is 19.5 Å². The molecule has 7 nitrogen and oxygen atoms in total. The number of ether oxygens (including phenoxy) is 2. The first-order valence-electron chi connectivity index (χ1n) is 7.41. The van der Waals surface area contributed by atoms with E-state index in [1.807, 2.05) is 0 Å². The quantitative estimate of drug-likeness (QED) is 0.740. The van der Waals surface area contributed by atoms with Crippen LogP contribution in [0.2, 0.25) is 0 Å². The second-order valence-corrected chi connectivity index (χ2v) is 5.12. The fourth-order valence-corrected chi connectivity index (χ4v) is 2.30. The zero-order chi connectivity index (χ0) is 17.8. The van der Waals surface area contributed by atoms with Gasteiger partial charge in [0.05, 0.1) is 19.8 Å². The molecular formula is C18H16N2O5. The number of hydrogen-bond acceptors (Lipinski definition) is 6. The van der Waals surface area contributed by atoms with E-state index in [0.717, 1.165) is 0 Å². The van der Waals surface area contributed by atoms with E-state index in [9.17, 15) is 9.90 Å². The lowest BCUT2D eigenvalue weighted by Gasteiger charge is -2.09. The number of amides is 1. The highest BCUT2D eigenvalue weighted by Crippen LogP contribution is 2.31. The maximum absolute atomic E-state index is 12.3. The number of rotatable bonds is 5. The van der Waals surface area contributed by atoms with Crippen molar-refractivity contribution in [1.29, 1.82) is 0 Å². The monoisotopic (exact) mass is 340 g/mol. The molecule has 25 heavy (non-hydrogen) atoms. The van der Waals surface area contributed by atoms with Crippen LogP contribution in [-0.4, -0.2) is 30.4 Å². The summed E-state index contributed by atoms with van der Waals surface area (Å²) in [6.45, 7) is 0. The summed E-state index contributed by atoms with van der Waals surface area (Å²) in [6.07, 6.45) is 0. The van der Waals surface area contributed by atoms with Gasteiger partial charge < -0.3 is 24.4 Å². The number of para-hydroxylation sites is 1. The molecular weight excluding hydrogens is 324 g/mol. The second-order valence-electron chi connectivity index (χ2n) is 5.12. The number of nitrogens with zero attached hydrogens (tertiary/aromatic N) is 1. The van der Waals surface area contributed by atoms with Crippen molar-refractivity contribution < 1.29 is 23.9 Å². The molecule has 2 N–H and O–H groups in total. The Labute approximate surface area is 143 Å². The van der Waals surface area contributed by atoms with Crippen LogP contribution >= 0.6 is 0 Å². The fraction of sp³-hybridized carbons (Fsp3) is 0.111. The lowest BCUT2D eigenvalue weighted by atomic mass is 10.1. The van der Waals surface area contributed by atoms with Gasteiger partial charge in [-0.25, -0.2) is 0 Å². The number of benzene rings is 2. The van der Waals surface area contributed by atoms with Gasteiger partial charge in [0.15, 0.2) is 23.0 Å². The number of hydrogen-bond donors (Lipinski definition) is 2. The van der Waals surface area contributed by atoms with Crippen molar-refractivity contribution in [3.63, 3.8) is 0 Å². The zero-order valence-corrected chi connectivity index (χ0v) is 13.6. The topological polar surface area (TPSA) is 93.8 Å². The molecule has 2 aromatic carbocycles. The van der Waals surface area contributed by atoms with Crippen LogP contribution in [0, 0.1) is 0 Å². The molecule has 3 rings (SSSR count). The molecule has 0 unspecified atom stereocenters. The lowest BCUT2D eigenvalue weighted by Crippen LogP contribution is -2.12. The Morgan fingerprint density at radius 1 is 1.08 bits per heavy atom. The third-order valence-electron chi connectivity index (χ3n) is 3.55. The van der Waals surface area contributed by atoms with Crippen LogP contribution in [0.3, 0.4) is 0 Å².